The maximum atomic E-state index is 6.95. The first kappa shape index (κ1) is 43.9. The first-order valence-corrected chi connectivity index (χ1v) is 23.1. The van der Waals surface area contributed by atoms with Crippen molar-refractivity contribution < 1.29 is 0 Å². The molecule has 5 N–H and O–H groups in total. The Morgan fingerprint density at radius 3 is 1.67 bits per heavy atom. The Kier molecular flexibility index (Phi) is 13.8. The highest BCUT2D eigenvalue weighted by Gasteiger charge is 2.21. The molecule has 320 valence electrons. The third kappa shape index (κ3) is 9.29. The lowest BCUT2D eigenvalue weighted by atomic mass is 9.90. The fourth-order valence-electron chi connectivity index (χ4n) is 9.05. The van der Waals surface area contributed by atoms with Gasteiger partial charge in [0.1, 0.15) is 0 Å². The molecule has 0 aliphatic heterocycles. The van der Waals surface area contributed by atoms with E-state index in [0.717, 1.165) is 28.8 Å². The summed E-state index contributed by atoms with van der Waals surface area (Å²) in [6.07, 6.45) is 20.4. The molecule has 0 heterocycles. The van der Waals surface area contributed by atoms with E-state index in [1.54, 1.807) is 0 Å². The van der Waals surface area contributed by atoms with Crippen LogP contribution in [0.2, 0.25) is 0 Å². The van der Waals surface area contributed by atoms with E-state index in [2.05, 4.69) is 234 Å². The number of benzene rings is 8. The molecular formula is C61H61N3. The van der Waals surface area contributed by atoms with Crippen molar-refractivity contribution in [1.82, 2.24) is 5.32 Å². The maximum Gasteiger partial charge on any atom is 0.0823 e. The molecule has 0 saturated heterocycles. The molecule has 0 fully saturated rings. The van der Waals surface area contributed by atoms with Crippen LogP contribution >= 0.6 is 0 Å². The van der Waals surface area contributed by atoms with Gasteiger partial charge in [-0.2, -0.15) is 0 Å². The minimum absolute atomic E-state index is 0.0238. The number of unbranched alkanes of at least 4 members (excludes halogenated alkanes) is 1. The van der Waals surface area contributed by atoms with Crippen LogP contribution in [0.15, 0.2) is 205 Å². The standard InChI is InChI=1S/C41H37N3.C16H14.C4H10/c1-26-11-3-5-13-33(26)40(42)32-22-21-29-23-28(19-20-30(29)24-32)27(2)34-14-9-10-18-39(34)44-41(43)38-25-31-12-4-6-15-35(31)36-16-7-8-17-37(36)38;1-2-12-11-13-7-3-4-9-15(13)16-10-6-5-8-14(12)16;1-3-4-2/h3-26,39,41,44H,42-43H2,1-2H3;3-11H,2H2,1H3;3-4H2,1-2H3/b34-27+,40-33-;;. The molecular weight excluding hydrogens is 775 g/mol. The second-order valence-electron chi connectivity index (χ2n) is 17.0. The summed E-state index contributed by atoms with van der Waals surface area (Å²) in [5.41, 5.74) is 22.8. The fourth-order valence-corrected chi connectivity index (χ4v) is 9.05. The van der Waals surface area contributed by atoms with Crippen LogP contribution in [0.25, 0.3) is 65.1 Å². The first-order chi connectivity index (χ1) is 31.3. The molecule has 2 aliphatic carbocycles. The van der Waals surface area contributed by atoms with Crippen molar-refractivity contribution in [2.45, 2.75) is 66.1 Å². The predicted molar refractivity (Wildman–Crippen MR) is 280 cm³/mol. The number of hydrogen-bond acceptors (Lipinski definition) is 3. The van der Waals surface area contributed by atoms with Gasteiger partial charge in [-0.15, -0.1) is 0 Å². The molecule has 3 unspecified atom stereocenters. The van der Waals surface area contributed by atoms with Crippen LogP contribution in [-0.4, -0.2) is 6.04 Å². The summed E-state index contributed by atoms with van der Waals surface area (Å²) < 4.78 is 0. The SMILES string of the molecule is C/C(=C1/C=CC=CC1NC(N)c1cc2ccccc2c2ccccc12)c1ccc2cc(/C(N)=C3\C=CC=CC3C)ccc2c1.CCCC.CCc1cc2ccccc2c2ccccc12. The van der Waals surface area contributed by atoms with E-state index >= 15 is 0 Å². The van der Waals surface area contributed by atoms with Gasteiger partial charge < -0.3 is 11.5 Å². The molecule has 0 amide bonds. The molecule has 0 aromatic heterocycles. The number of aryl methyl sites for hydroxylation is 1. The van der Waals surface area contributed by atoms with Gasteiger partial charge in [-0.25, -0.2) is 0 Å². The quantitative estimate of drug-likeness (QED) is 0.111. The molecule has 64 heavy (non-hydrogen) atoms. The minimum atomic E-state index is -0.347. The van der Waals surface area contributed by atoms with E-state index in [4.69, 9.17) is 11.5 Å². The third-order valence-corrected chi connectivity index (χ3v) is 12.9. The smallest absolute Gasteiger partial charge is 0.0823 e. The van der Waals surface area contributed by atoms with Crippen molar-refractivity contribution in [3.8, 4) is 0 Å². The maximum absolute atomic E-state index is 6.95. The van der Waals surface area contributed by atoms with Gasteiger partial charge in [0.25, 0.3) is 0 Å². The van der Waals surface area contributed by atoms with Crippen LogP contribution in [0.4, 0.5) is 0 Å². The van der Waals surface area contributed by atoms with E-state index in [-0.39, 0.29) is 12.2 Å². The van der Waals surface area contributed by atoms with Crippen LogP contribution in [0.1, 0.15) is 75.9 Å². The van der Waals surface area contributed by atoms with Crippen LogP contribution < -0.4 is 16.8 Å². The number of allylic oxidation sites excluding steroid dienone is 8. The lowest BCUT2D eigenvalue weighted by molar-refractivity contribution is 0.536. The van der Waals surface area contributed by atoms with Gasteiger partial charge in [0.05, 0.1) is 12.2 Å². The van der Waals surface area contributed by atoms with Crippen molar-refractivity contribution in [2.24, 2.45) is 17.4 Å². The van der Waals surface area contributed by atoms with Crippen molar-refractivity contribution in [1.29, 1.82) is 0 Å². The second-order valence-corrected chi connectivity index (χ2v) is 17.0. The Hall–Kier alpha value is -6.78. The zero-order valence-electron chi connectivity index (χ0n) is 38.0. The fraction of sp³-hybridized carbons (Fsp3) is 0.180. The van der Waals surface area contributed by atoms with Gasteiger partial charge in [-0.05, 0) is 124 Å². The van der Waals surface area contributed by atoms with E-state index in [0.29, 0.717) is 5.92 Å². The van der Waals surface area contributed by atoms with Crippen molar-refractivity contribution in [3.05, 3.63) is 228 Å². The zero-order chi connectivity index (χ0) is 44.6. The zero-order valence-corrected chi connectivity index (χ0v) is 38.0. The normalized spacial score (nSPS) is 17.6. The molecule has 3 atom stereocenters. The van der Waals surface area contributed by atoms with Crippen LogP contribution in [0, 0.1) is 5.92 Å². The second kappa shape index (κ2) is 20.2. The van der Waals surface area contributed by atoms with Crippen molar-refractivity contribution in [2.75, 3.05) is 0 Å². The van der Waals surface area contributed by atoms with Crippen LogP contribution in [-0.2, 0) is 6.42 Å². The molecule has 8 aromatic carbocycles. The number of fused-ring (bicyclic) bond motifs is 7. The Balaban J connectivity index is 0.000000231. The summed E-state index contributed by atoms with van der Waals surface area (Å²) in [4.78, 5) is 0. The van der Waals surface area contributed by atoms with E-state index in [1.165, 1.54) is 89.0 Å². The number of nitrogens with two attached hydrogens (primary N) is 2. The molecule has 0 spiro atoms. The first-order valence-electron chi connectivity index (χ1n) is 23.1. The molecule has 0 radical (unpaired) electrons. The van der Waals surface area contributed by atoms with E-state index in [1.807, 2.05) is 0 Å². The average Bonchev–Trinajstić information content (AvgIpc) is 3.35. The highest BCUT2D eigenvalue weighted by Crippen LogP contribution is 2.34. The Morgan fingerprint density at radius 2 is 1.05 bits per heavy atom. The summed E-state index contributed by atoms with van der Waals surface area (Å²) in [5, 5.41) is 16.4. The van der Waals surface area contributed by atoms with Crippen LogP contribution in [0.3, 0.4) is 0 Å². The van der Waals surface area contributed by atoms with Crippen LogP contribution in [0.5, 0.6) is 0 Å². The molecule has 3 nitrogen and oxygen atoms in total. The average molecular weight is 836 g/mol. The minimum Gasteiger partial charge on any atom is -0.398 e. The number of nitrogens with one attached hydrogen (secondary N) is 1. The molecule has 0 saturated carbocycles. The molecule has 3 heteroatoms. The third-order valence-electron chi connectivity index (χ3n) is 12.9. The Labute approximate surface area is 379 Å². The lowest BCUT2D eigenvalue weighted by Crippen LogP contribution is -2.38. The molecule has 10 rings (SSSR count). The van der Waals surface area contributed by atoms with Gasteiger partial charge in [-0.3, -0.25) is 5.32 Å². The lowest BCUT2D eigenvalue weighted by Gasteiger charge is -2.26. The predicted octanol–water partition coefficient (Wildman–Crippen LogP) is 15.5. The highest BCUT2D eigenvalue weighted by molar-refractivity contribution is 6.10. The summed E-state index contributed by atoms with van der Waals surface area (Å²) in [7, 11) is 0. The molecule has 8 aromatic rings. The Morgan fingerprint density at radius 1 is 0.531 bits per heavy atom. The van der Waals surface area contributed by atoms with Gasteiger partial charge >= 0.3 is 0 Å². The summed E-state index contributed by atoms with van der Waals surface area (Å²) in [6.45, 7) is 11.0. The number of rotatable bonds is 7. The van der Waals surface area contributed by atoms with Gasteiger partial charge in [-0.1, -0.05) is 217 Å². The molecule has 2 aliphatic rings. The van der Waals surface area contributed by atoms with Gasteiger partial charge in [0.15, 0.2) is 0 Å². The molecule has 0 bridgehead atoms. The summed E-state index contributed by atoms with van der Waals surface area (Å²) in [5.74, 6) is 0.305. The topological polar surface area (TPSA) is 64.1 Å². The Bertz CT molecular complexity index is 3150. The van der Waals surface area contributed by atoms with Crippen molar-refractivity contribution >= 4 is 65.1 Å². The summed E-state index contributed by atoms with van der Waals surface area (Å²) in [6, 6.07) is 52.1. The number of hydrogen-bond donors (Lipinski definition) is 3. The van der Waals surface area contributed by atoms with Gasteiger partial charge in [0, 0.05) is 11.6 Å². The largest absolute Gasteiger partial charge is 0.398 e. The van der Waals surface area contributed by atoms with Crippen molar-refractivity contribution in [3.63, 3.8) is 0 Å². The van der Waals surface area contributed by atoms with E-state index in [9.17, 15) is 0 Å². The summed E-state index contributed by atoms with van der Waals surface area (Å²) >= 11 is 0. The van der Waals surface area contributed by atoms with Gasteiger partial charge in [0.2, 0.25) is 0 Å². The van der Waals surface area contributed by atoms with E-state index < -0.39 is 0 Å². The highest BCUT2D eigenvalue weighted by atomic mass is 15.0. The monoisotopic (exact) mass is 835 g/mol.